The van der Waals surface area contributed by atoms with Crippen molar-refractivity contribution in [2.75, 3.05) is 18.0 Å². The molecule has 10 nitrogen and oxygen atoms in total. The van der Waals surface area contributed by atoms with Crippen LogP contribution in [0.25, 0.3) is 0 Å². The molecule has 278 valence electrons. The molecule has 0 bridgehead atoms. The van der Waals surface area contributed by atoms with Gasteiger partial charge in [-0.2, -0.15) is 26.3 Å². The van der Waals surface area contributed by atoms with Gasteiger partial charge in [0.25, 0.3) is 0 Å². The first-order valence-corrected chi connectivity index (χ1v) is 16.2. The zero-order valence-electron chi connectivity index (χ0n) is 26.5. The number of hydrogen-bond acceptors (Lipinski definition) is 8. The standard InChI is InChI=1S/C31H28F9N3O7S/c1-28(2,3)50-27(45)42-14-20(41-51(46,47)19-8-6-18(7-9-19)49-31(38,39)40)26(44)23(15-42)43-21-10-4-16(29(32,33)34)12-24(21)48-25-13-17(30(35,36)37)5-11-22(25)43/h4-13,20,23,26,41,44H,14-15H2,1-3H3/t20-,23-,26+/m1/s1. The summed E-state index contributed by atoms with van der Waals surface area (Å²) in [4.78, 5) is 14.9. The van der Waals surface area contributed by atoms with Crippen LogP contribution in [0.2, 0.25) is 0 Å². The molecule has 1 fully saturated rings. The zero-order valence-corrected chi connectivity index (χ0v) is 27.3. The lowest BCUT2D eigenvalue weighted by molar-refractivity contribution is -0.274. The van der Waals surface area contributed by atoms with Crippen molar-refractivity contribution >= 4 is 27.5 Å². The summed E-state index contributed by atoms with van der Waals surface area (Å²) in [7, 11) is -4.68. The van der Waals surface area contributed by atoms with Gasteiger partial charge in [0.05, 0.1) is 45.6 Å². The lowest BCUT2D eigenvalue weighted by atomic mass is 9.94. The highest BCUT2D eigenvalue weighted by molar-refractivity contribution is 7.89. The summed E-state index contributed by atoms with van der Waals surface area (Å²) in [5.41, 5.74) is -3.86. The summed E-state index contributed by atoms with van der Waals surface area (Å²) >= 11 is 0. The molecule has 0 radical (unpaired) electrons. The van der Waals surface area contributed by atoms with Crippen molar-refractivity contribution in [2.24, 2.45) is 0 Å². The minimum Gasteiger partial charge on any atom is -0.453 e. The SMILES string of the molecule is CC(C)(C)OC(=O)N1C[C@@H](N2c3ccc(C(F)(F)F)cc3Oc3cc(C(F)(F)F)ccc32)[C@@H](O)[C@H](NS(=O)(=O)c2ccc(OC(F)(F)F)cc2)C1. The van der Waals surface area contributed by atoms with E-state index in [0.29, 0.717) is 24.3 Å². The van der Waals surface area contributed by atoms with Gasteiger partial charge in [0.2, 0.25) is 10.0 Å². The maximum atomic E-state index is 13.7. The van der Waals surface area contributed by atoms with E-state index in [0.717, 1.165) is 46.2 Å². The van der Waals surface area contributed by atoms with Crippen molar-refractivity contribution in [1.82, 2.24) is 9.62 Å². The van der Waals surface area contributed by atoms with Crippen molar-refractivity contribution in [3.8, 4) is 17.2 Å². The third-order valence-corrected chi connectivity index (χ3v) is 9.11. The Morgan fingerprint density at radius 2 is 1.33 bits per heavy atom. The number of aliphatic hydroxyl groups excluding tert-OH is 1. The molecule has 2 aliphatic heterocycles. The number of alkyl halides is 9. The fourth-order valence-corrected chi connectivity index (χ4v) is 6.72. The molecule has 3 aromatic rings. The molecule has 1 amide bonds. The normalized spacial score (nSPS) is 19.9. The summed E-state index contributed by atoms with van der Waals surface area (Å²) in [6.07, 6.45) is -17.7. The maximum Gasteiger partial charge on any atom is 0.573 e. The molecule has 2 heterocycles. The third kappa shape index (κ3) is 8.55. The van der Waals surface area contributed by atoms with Gasteiger partial charge in [0.1, 0.15) is 11.4 Å². The molecule has 0 saturated carbocycles. The van der Waals surface area contributed by atoms with Crippen LogP contribution in [0.4, 0.5) is 55.7 Å². The molecule has 20 heteroatoms. The molecule has 0 unspecified atom stereocenters. The number of likely N-dealkylation sites (tertiary alicyclic amines) is 1. The molecule has 0 aliphatic carbocycles. The first-order valence-electron chi connectivity index (χ1n) is 14.8. The summed E-state index contributed by atoms with van der Waals surface area (Å²) in [5.74, 6) is -1.85. The molecular formula is C31H28F9N3O7S. The largest absolute Gasteiger partial charge is 0.573 e. The average Bonchev–Trinajstić information content (AvgIpc) is 2.98. The fraction of sp³-hybridized carbons (Fsp3) is 0.387. The lowest BCUT2D eigenvalue weighted by Crippen LogP contribution is -2.66. The van der Waals surface area contributed by atoms with E-state index in [-0.39, 0.29) is 11.4 Å². The number of sulfonamides is 1. The van der Waals surface area contributed by atoms with Gasteiger partial charge in [0, 0.05) is 13.1 Å². The van der Waals surface area contributed by atoms with E-state index < -0.39 is 105 Å². The number of nitrogens with one attached hydrogen (secondary N) is 1. The molecule has 51 heavy (non-hydrogen) atoms. The number of benzene rings is 3. The van der Waals surface area contributed by atoms with Crippen molar-refractivity contribution in [1.29, 1.82) is 0 Å². The van der Waals surface area contributed by atoms with Gasteiger partial charge in [-0.15, -0.1) is 13.2 Å². The van der Waals surface area contributed by atoms with E-state index >= 15 is 0 Å². The number of nitrogens with zero attached hydrogens (tertiary/aromatic N) is 2. The second-order valence-electron chi connectivity index (χ2n) is 12.5. The average molecular weight is 758 g/mol. The minimum atomic E-state index is -5.07. The third-order valence-electron chi connectivity index (χ3n) is 7.60. The number of piperidine rings is 1. The quantitative estimate of drug-likeness (QED) is 0.263. The van der Waals surface area contributed by atoms with Crippen LogP contribution in [0.1, 0.15) is 31.9 Å². The Morgan fingerprint density at radius 1 is 0.824 bits per heavy atom. The van der Waals surface area contributed by atoms with E-state index in [1.807, 2.05) is 0 Å². The zero-order chi connectivity index (χ0) is 37.9. The molecule has 2 N–H and O–H groups in total. The van der Waals surface area contributed by atoms with Crippen LogP contribution in [0.15, 0.2) is 65.6 Å². The Kier molecular flexibility index (Phi) is 9.61. The predicted octanol–water partition coefficient (Wildman–Crippen LogP) is 7.19. The maximum absolute atomic E-state index is 13.7. The first-order chi connectivity index (χ1) is 23.3. The number of hydrogen-bond donors (Lipinski definition) is 2. The van der Waals surface area contributed by atoms with Gasteiger partial charge in [-0.05, 0) is 81.4 Å². The van der Waals surface area contributed by atoms with Crippen LogP contribution in [0, 0.1) is 0 Å². The van der Waals surface area contributed by atoms with E-state index in [4.69, 9.17) is 9.47 Å². The molecular weight excluding hydrogens is 729 g/mol. The highest BCUT2D eigenvalue weighted by atomic mass is 32.2. The number of anilines is 2. The van der Waals surface area contributed by atoms with E-state index in [9.17, 15) is 57.8 Å². The second-order valence-corrected chi connectivity index (χ2v) is 14.2. The number of ether oxygens (including phenoxy) is 3. The smallest absolute Gasteiger partial charge is 0.453 e. The topological polar surface area (TPSA) is 118 Å². The summed E-state index contributed by atoms with van der Waals surface area (Å²) in [5, 5.41) is 11.7. The van der Waals surface area contributed by atoms with Crippen LogP contribution in [0.3, 0.4) is 0 Å². The van der Waals surface area contributed by atoms with Crippen molar-refractivity contribution < 1.29 is 72.0 Å². The van der Waals surface area contributed by atoms with Crippen molar-refractivity contribution in [3.63, 3.8) is 0 Å². The monoisotopic (exact) mass is 757 g/mol. The van der Waals surface area contributed by atoms with Crippen LogP contribution in [0.5, 0.6) is 17.2 Å². The minimum absolute atomic E-state index is 0.174. The van der Waals surface area contributed by atoms with E-state index in [1.165, 1.54) is 20.8 Å². The summed E-state index contributed by atoms with van der Waals surface area (Å²) in [6, 6.07) is 4.22. The highest BCUT2D eigenvalue weighted by Gasteiger charge is 2.47. The Bertz CT molecular complexity index is 1830. The van der Waals surface area contributed by atoms with Crippen LogP contribution in [-0.2, 0) is 27.1 Å². The van der Waals surface area contributed by atoms with Crippen LogP contribution in [-0.4, -0.2) is 67.8 Å². The number of aliphatic hydroxyl groups is 1. The Labute approximate surface area is 284 Å². The lowest BCUT2D eigenvalue weighted by Gasteiger charge is -2.48. The number of carbonyl (C=O) groups excluding carboxylic acids is 1. The number of halogens is 9. The summed E-state index contributed by atoms with van der Waals surface area (Å²) < 4.78 is 164. The summed E-state index contributed by atoms with van der Waals surface area (Å²) in [6.45, 7) is 3.54. The highest BCUT2D eigenvalue weighted by Crippen LogP contribution is 2.51. The molecule has 5 rings (SSSR count). The number of carbonyl (C=O) groups is 1. The number of rotatable bonds is 5. The Hall–Kier alpha value is -4.43. The van der Waals surface area contributed by atoms with Gasteiger partial charge >= 0.3 is 24.8 Å². The van der Waals surface area contributed by atoms with Crippen molar-refractivity contribution in [3.05, 3.63) is 71.8 Å². The molecule has 3 aromatic carbocycles. The second kappa shape index (κ2) is 13.0. The van der Waals surface area contributed by atoms with Gasteiger partial charge in [-0.3, -0.25) is 0 Å². The van der Waals surface area contributed by atoms with Crippen LogP contribution >= 0.6 is 0 Å². The van der Waals surface area contributed by atoms with Crippen LogP contribution < -0.4 is 19.1 Å². The molecule has 2 aliphatic rings. The number of amides is 1. The predicted molar refractivity (Wildman–Crippen MR) is 160 cm³/mol. The van der Waals surface area contributed by atoms with Gasteiger partial charge in [-0.25, -0.2) is 17.9 Å². The molecule has 1 saturated heterocycles. The van der Waals surface area contributed by atoms with Gasteiger partial charge in [-0.1, -0.05) is 0 Å². The van der Waals surface area contributed by atoms with E-state index in [2.05, 4.69) is 9.46 Å². The van der Waals surface area contributed by atoms with E-state index in [1.54, 1.807) is 0 Å². The molecule has 0 spiro atoms. The van der Waals surface area contributed by atoms with Gasteiger partial charge in [0.15, 0.2) is 11.5 Å². The first kappa shape index (κ1) is 37.8. The number of fused-ring (bicyclic) bond motifs is 2. The Morgan fingerprint density at radius 3 is 1.78 bits per heavy atom. The molecule has 3 atom stereocenters. The van der Waals surface area contributed by atoms with Gasteiger partial charge < -0.3 is 29.1 Å². The van der Waals surface area contributed by atoms with Crippen molar-refractivity contribution in [2.45, 2.75) is 68.2 Å². The Balaban J connectivity index is 1.59. The fourth-order valence-electron chi connectivity index (χ4n) is 5.47. The molecule has 0 aromatic heterocycles.